The molecule has 3 heterocycles. The summed E-state index contributed by atoms with van der Waals surface area (Å²) in [5.74, 6) is 1.37. The number of thiophene rings is 1. The lowest BCUT2D eigenvalue weighted by Gasteiger charge is -2.32. The number of hydrogen-bond acceptors (Lipinski definition) is 4. The van der Waals surface area contributed by atoms with Crippen LogP contribution in [0.4, 0.5) is 0 Å². The molecule has 2 aromatic heterocycles. The summed E-state index contributed by atoms with van der Waals surface area (Å²) in [6.07, 6.45) is 4.47. The van der Waals surface area contributed by atoms with Crippen LogP contribution in [-0.4, -0.2) is 33.9 Å². The molecular weight excluding hydrogens is 282 g/mol. The Labute approximate surface area is 128 Å². The predicted molar refractivity (Wildman–Crippen MR) is 83.3 cm³/mol. The molecule has 5 heteroatoms. The van der Waals surface area contributed by atoms with Gasteiger partial charge in [-0.15, -0.1) is 11.3 Å². The average Bonchev–Trinajstić information content (AvgIpc) is 3.00. The van der Waals surface area contributed by atoms with Crippen LogP contribution in [0, 0.1) is 6.92 Å². The Morgan fingerprint density at radius 3 is 3.14 bits per heavy atom. The molecule has 1 amide bonds. The zero-order valence-electron chi connectivity index (χ0n) is 12.2. The van der Waals surface area contributed by atoms with Gasteiger partial charge < -0.3 is 4.90 Å². The van der Waals surface area contributed by atoms with Gasteiger partial charge in [-0.3, -0.25) is 4.79 Å². The highest BCUT2D eigenvalue weighted by molar-refractivity contribution is 7.10. The molecule has 3 rings (SSSR count). The number of amides is 1. The molecule has 0 unspecified atom stereocenters. The van der Waals surface area contributed by atoms with Crippen LogP contribution < -0.4 is 0 Å². The van der Waals surface area contributed by atoms with E-state index in [0.717, 1.165) is 42.3 Å². The second-order valence-corrected chi connectivity index (χ2v) is 6.50. The fourth-order valence-electron chi connectivity index (χ4n) is 2.82. The van der Waals surface area contributed by atoms with Crippen LogP contribution in [0.2, 0.25) is 0 Å². The molecule has 1 aliphatic rings. The highest BCUT2D eigenvalue weighted by atomic mass is 32.1. The highest BCUT2D eigenvalue weighted by Crippen LogP contribution is 2.26. The van der Waals surface area contributed by atoms with Gasteiger partial charge in [0.2, 0.25) is 5.91 Å². The van der Waals surface area contributed by atoms with Gasteiger partial charge in [0.25, 0.3) is 0 Å². The SMILES string of the molecule is Cc1nccc([C@@H]2CCCN(C(=O)Cc3cccs3)C2)n1. The molecular formula is C16H19N3OS. The largest absolute Gasteiger partial charge is 0.342 e. The lowest BCUT2D eigenvalue weighted by molar-refractivity contribution is -0.131. The molecule has 0 N–H and O–H groups in total. The maximum Gasteiger partial charge on any atom is 0.227 e. The smallest absolute Gasteiger partial charge is 0.227 e. The molecule has 0 spiro atoms. The number of aromatic nitrogens is 2. The van der Waals surface area contributed by atoms with E-state index < -0.39 is 0 Å². The molecule has 0 saturated carbocycles. The molecule has 1 fully saturated rings. The molecule has 0 bridgehead atoms. The van der Waals surface area contributed by atoms with Gasteiger partial charge >= 0.3 is 0 Å². The Balaban J connectivity index is 1.66. The number of likely N-dealkylation sites (tertiary alicyclic amines) is 1. The first-order valence-electron chi connectivity index (χ1n) is 7.32. The second kappa shape index (κ2) is 6.35. The normalized spacial score (nSPS) is 18.7. The third-order valence-electron chi connectivity index (χ3n) is 3.90. The number of rotatable bonds is 3. The van der Waals surface area contributed by atoms with E-state index in [0.29, 0.717) is 12.3 Å². The Kier molecular flexibility index (Phi) is 4.29. The molecule has 1 saturated heterocycles. The van der Waals surface area contributed by atoms with Crippen molar-refractivity contribution >= 4 is 17.2 Å². The fraction of sp³-hybridized carbons (Fsp3) is 0.438. The van der Waals surface area contributed by atoms with E-state index in [1.54, 1.807) is 11.3 Å². The van der Waals surface area contributed by atoms with Gasteiger partial charge in [0, 0.05) is 35.8 Å². The summed E-state index contributed by atoms with van der Waals surface area (Å²) in [5.41, 5.74) is 1.07. The van der Waals surface area contributed by atoms with Crippen LogP contribution >= 0.6 is 11.3 Å². The van der Waals surface area contributed by atoms with Crippen molar-refractivity contribution in [2.45, 2.75) is 32.1 Å². The number of aryl methyl sites for hydroxylation is 1. The molecule has 0 aromatic carbocycles. The van der Waals surface area contributed by atoms with Crippen molar-refractivity contribution in [3.05, 3.63) is 46.2 Å². The molecule has 0 aliphatic carbocycles. The molecule has 1 atom stereocenters. The first-order valence-corrected chi connectivity index (χ1v) is 8.20. The van der Waals surface area contributed by atoms with Gasteiger partial charge in [-0.1, -0.05) is 6.07 Å². The summed E-state index contributed by atoms with van der Waals surface area (Å²) in [4.78, 5) is 24.2. The Bertz CT molecular complexity index is 612. The van der Waals surface area contributed by atoms with E-state index in [1.165, 1.54) is 0 Å². The van der Waals surface area contributed by atoms with Crippen LogP contribution in [-0.2, 0) is 11.2 Å². The van der Waals surface area contributed by atoms with Gasteiger partial charge in [0.15, 0.2) is 0 Å². The minimum atomic E-state index is 0.230. The van der Waals surface area contributed by atoms with Gasteiger partial charge in [-0.05, 0) is 37.3 Å². The van der Waals surface area contributed by atoms with E-state index in [9.17, 15) is 4.79 Å². The topological polar surface area (TPSA) is 46.1 Å². The summed E-state index contributed by atoms with van der Waals surface area (Å²) in [7, 11) is 0. The van der Waals surface area contributed by atoms with Crippen LogP contribution in [0.5, 0.6) is 0 Å². The van der Waals surface area contributed by atoms with Crippen molar-refractivity contribution in [3.63, 3.8) is 0 Å². The van der Waals surface area contributed by atoms with Gasteiger partial charge in [-0.2, -0.15) is 0 Å². The number of hydrogen-bond donors (Lipinski definition) is 0. The number of carbonyl (C=O) groups excluding carboxylic acids is 1. The Morgan fingerprint density at radius 2 is 2.38 bits per heavy atom. The summed E-state index contributed by atoms with van der Waals surface area (Å²) in [6, 6.07) is 6.00. The van der Waals surface area contributed by atoms with Gasteiger partial charge in [0.05, 0.1) is 6.42 Å². The zero-order valence-corrected chi connectivity index (χ0v) is 13.0. The zero-order chi connectivity index (χ0) is 14.7. The predicted octanol–water partition coefficient (Wildman–Crippen LogP) is 2.80. The third-order valence-corrected chi connectivity index (χ3v) is 4.77. The van der Waals surface area contributed by atoms with Crippen molar-refractivity contribution in [2.24, 2.45) is 0 Å². The quantitative estimate of drug-likeness (QED) is 0.876. The van der Waals surface area contributed by atoms with Crippen molar-refractivity contribution in [1.82, 2.24) is 14.9 Å². The highest BCUT2D eigenvalue weighted by Gasteiger charge is 2.25. The first-order chi connectivity index (χ1) is 10.2. The summed E-state index contributed by atoms with van der Waals surface area (Å²) in [5, 5.41) is 2.02. The molecule has 2 aromatic rings. The van der Waals surface area contributed by atoms with Gasteiger partial charge in [-0.25, -0.2) is 9.97 Å². The molecule has 4 nitrogen and oxygen atoms in total. The van der Waals surface area contributed by atoms with Crippen molar-refractivity contribution in [1.29, 1.82) is 0 Å². The van der Waals surface area contributed by atoms with E-state index in [1.807, 2.05) is 41.6 Å². The number of carbonyl (C=O) groups is 1. The third kappa shape index (κ3) is 3.47. The molecule has 1 aliphatic heterocycles. The Hall–Kier alpha value is -1.75. The Morgan fingerprint density at radius 1 is 1.48 bits per heavy atom. The van der Waals surface area contributed by atoms with E-state index in [4.69, 9.17) is 0 Å². The summed E-state index contributed by atoms with van der Waals surface area (Å²) >= 11 is 1.65. The molecule has 21 heavy (non-hydrogen) atoms. The average molecular weight is 301 g/mol. The maximum absolute atomic E-state index is 12.4. The van der Waals surface area contributed by atoms with Crippen LogP contribution in [0.1, 0.15) is 35.2 Å². The van der Waals surface area contributed by atoms with Gasteiger partial charge in [0.1, 0.15) is 5.82 Å². The minimum absolute atomic E-state index is 0.230. The fourth-order valence-corrected chi connectivity index (χ4v) is 3.52. The second-order valence-electron chi connectivity index (χ2n) is 5.46. The van der Waals surface area contributed by atoms with Crippen molar-refractivity contribution in [3.8, 4) is 0 Å². The van der Waals surface area contributed by atoms with Crippen molar-refractivity contribution < 1.29 is 4.79 Å². The maximum atomic E-state index is 12.4. The summed E-state index contributed by atoms with van der Waals surface area (Å²) < 4.78 is 0. The monoisotopic (exact) mass is 301 g/mol. The first kappa shape index (κ1) is 14.2. The lowest BCUT2D eigenvalue weighted by Crippen LogP contribution is -2.40. The van der Waals surface area contributed by atoms with E-state index >= 15 is 0 Å². The van der Waals surface area contributed by atoms with Crippen LogP contribution in [0.15, 0.2) is 29.8 Å². The summed E-state index contributed by atoms with van der Waals surface area (Å²) in [6.45, 7) is 3.55. The number of nitrogens with zero attached hydrogens (tertiary/aromatic N) is 3. The minimum Gasteiger partial charge on any atom is -0.342 e. The van der Waals surface area contributed by atoms with E-state index in [2.05, 4.69) is 9.97 Å². The van der Waals surface area contributed by atoms with Crippen LogP contribution in [0.25, 0.3) is 0 Å². The molecule has 110 valence electrons. The molecule has 0 radical (unpaired) electrons. The lowest BCUT2D eigenvalue weighted by atomic mass is 9.94. The standard InChI is InChI=1S/C16H19N3OS/c1-12-17-7-6-15(18-12)13-4-2-8-19(11-13)16(20)10-14-5-3-9-21-14/h3,5-7,9,13H,2,4,8,10-11H2,1H3/t13-/m1/s1. The van der Waals surface area contributed by atoms with Crippen LogP contribution in [0.3, 0.4) is 0 Å². The van der Waals surface area contributed by atoms with E-state index in [-0.39, 0.29) is 5.91 Å². The number of piperidine rings is 1. The van der Waals surface area contributed by atoms with Crippen molar-refractivity contribution in [2.75, 3.05) is 13.1 Å².